The molecule has 2 rings (SSSR count). The van der Waals surface area contributed by atoms with Gasteiger partial charge >= 0.3 is 0 Å². The lowest BCUT2D eigenvalue weighted by molar-refractivity contribution is 0.285. The first kappa shape index (κ1) is 15.4. The molecule has 2 atom stereocenters. The molecular weight excluding hydrogens is 258 g/mol. The number of nitrogens with zero attached hydrogens (tertiary/aromatic N) is 3. The van der Waals surface area contributed by atoms with Gasteiger partial charge in [0, 0.05) is 18.7 Å². The smallest absolute Gasteiger partial charge is 0.128 e. The summed E-state index contributed by atoms with van der Waals surface area (Å²) in [7, 11) is 0. The van der Waals surface area contributed by atoms with E-state index in [1.54, 1.807) is 0 Å². The van der Waals surface area contributed by atoms with E-state index in [0.29, 0.717) is 12.3 Å². The van der Waals surface area contributed by atoms with Gasteiger partial charge in [-0.25, -0.2) is 0 Å². The number of hydrogen-bond acceptors (Lipinski definition) is 3. The highest BCUT2D eigenvalue weighted by atomic mass is 15.2. The van der Waals surface area contributed by atoms with Crippen LogP contribution in [0.5, 0.6) is 0 Å². The Bertz CT molecular complexity index is 526. The fraction of sp³-hybridized carbons (Fsp3) is 0.556. The summed E-state index contributed by atoms with van der Waals surface area (Å²) >= 11 is 0. The molecule has 1 aromatic rings. The van der Waals surface area contributed by atoms with Gasteiger partial charge in [-0.3, -0.25) is 0 Å². The van der Waals surface area contributed by atoms with Gasteiger partial charge in [0.05, 0.1) is 12.1 Å². The minimum Gasteiger partial charge on any atom is -0.353 e. The van der Waals surface area contributed by atoms with Crippen molar-refractivity contribution >= 4 is 5.69 Å². The van der Waals surface area contributed by atoms with Crippen LogP contribution in [-0.2, 0) is 0 Å². The van der Waals surface area contributed by atoms with Crippen LogP contribution in [0.4, 0.5) is 5.69 Å². The van der Waals surface area contributed by atoms with E-state index in [0.717, 1.165) is 44.3 Å². The predicted octanol–water partition coefficient (Wildman–Crippen LogP) is 4.27. The van der Waals surface area contributed by atoms with Gasteiger partial charge in [0.15, 0.2) is 0 Å². The van der Waals surface area contributed by atoms with E-state index in [1.165, 1.54) is 0 Å². The lowest BCUT2D eigenvalue weighted by atomic mass is 9.78. The molecule has 0 unspecified atom stereocenters. The Morgan fingerprint density at radius 2 is 2.00 bits per heavy atom. The Balaban J connectivity index is 2.20. The average Bonchev–Trinajstić information content (AvgIpc) is 2.52. The SMILES string of the molecule is C[C@@H]1CCN(c2ccccc2)[C@](C#N)(CCCCC#N)C1. The summed E-state index contributed by atoms with van der Waals surface area (Å²) in [6.45, 7) is 3.18. The van der Waals surface area contributed by atoms with Crippen LogP contribution in [0.15, 0.2) is 30.3 Å². The standard InChI is InChI=1S/C18H23N3/c1-16-10-13-21(17-8-4-2-5-9-17)18(14-16,15-20)11-6-3-7-12-19/h2,4-5,8-9,16H,3,6-7,10-11,13-14H2,1H3/t16-,18-/m1/s1. The zero-order valence-corrected chi connectivity index (χ0v) is 12.8. The monoisotopic (exact) mass is 281 g/mol. The Morgan fingerprint density at radius 1 is 1.24 bits per heavy atom. The number of para-hydroxylation sites is 1. The van der Waals surface area contributed by atoms with Gasteiger partial charge in [-0.2, -0.15) is 10.5 Å². The molecule has 3 nitrogen and oxygen atoms in total. The van der Waals surface area contributed by atoms with Crippen molar-refractivity contribution in [2.24, 2.45) is 5.92 Å². The molecule has 0 spiro atoms. The number of benzene rings is 1. The fourth-order valence-electron chi connectivity index (χ4n) is 3.36. The summed E-state index contributed by atoms with van der Waals surface area (Å²) in [5.74, 6) is 0.584. The predicted molar refractivity (Wildman–Crippen MR) is 84.6 cm³/mol. The minimum atomic E-state index is -0.408. The second-order valence-electron chi connectivity index (χ2n) is 6.09. The first-order valence-electron chi connectivity index (χ1n) is 7.83. The molecule has 1 saturated heterocycles. The number of anilines is 1. The van der Waals surface area contributed by atoms with Gasteiger partial charge in [0.25, 0.3) is 0 Å². The molecule has 0 amide bonds. The average molecular weight is 281 g/mol. The van der Waals surface area contributed by atoms with Crippen LogP contribution < -0.4 is 4.90 Å². The summed E-state index contributed by atoms with van der Waals surface area (Å²) in [5.41, 5.74) is 0.736. The van der Waals surface area contributed by atoms with Gasteiger partial charge in [0.2, 0.25) is 0 Å². The van der Waals surface area contributed by atoms with Crippen molar-refractivity contribution in [3.05, 3.63) is 30.3 Å². The zero-order valence-electron chi connectivity index (χ0n) is 12.8. The number of hydrogen-bond donors (Lipinski definition) is 0. The van der Waals surface area contributed by atoms with Crippen molar-refractivity contribution in [1.29, 1.82) is 10.5 Å². The molecule has 21 heavy (non-hydrogen) atoms. The second-order valence-corrected chi connectivity index (χ2v) is 6.09. The van der Waals surface area contributed by atoms with E-state index >= 15 is 0 Å². The Labute approximate surface area is 127 Å². The Hall–Kier alpha value is -2.00. The highest BCUT2D eigenvalue weighted by Crippen LogP contribution is 2.38. The van der Waals surface area contributed by atoms with Gasteiger partial charge < -0.3 is 4.90 Å². The highest BCUT2D eigenvalue weighted by molar-refractivity contribution is 5.52. The highest BCUT2D eigenvalue weighted by Gasteiger charge is 2.41. The van der Waals surface area contributed by atoms with Gasteiger partial charge in [-0.15, -0.1) is 0 Å². The van der Waals surface area contributed by atoms with Gasteiger partial charge in [-0.05, 0) is 50.2 Å². The number of rotatable bonds is 5. The summed E-state index contributed by atoms with van der Waals surface area (Å²) in [6, 6.07) is 15.1. The number of unbranched alkanes of at least 4 members (excludes halogenated alkanes) is 2. The Kier molecular flexibility index (Phi) is 5.23. The van der Waals surface area contributed by atoms with E-state index in [4.69, 9.17) is 5.26 Å². The van der Waals surface area contributed by atoms with Crippen molar-refractivity contribution in [1.82, 2.24) is 0 Å². The fourth-order valence-corrected chi connectivity index (χ4v) is 3.36. The van der Waals surface area contributed by atoms with Crippen molar-refractivity contribution < 1.29 is 0 Å². The maximum absolute atomic E-state index is 9.89. The molecule has 0 aromatic heterocycles. The summed E-state index contributed by atoms with van der Waals surface area (Å²) in [4.78, 5) is 2.29. The molecule has 1 aliphatic rings. The first-order chi connectivity index (χ1) is 10.2. The second kappa shape index (κ2) is 7.14. The molecular formula is C18H23N3. The quantitative estimate of drug-likeness (QED) is 0.757. The van der Waals surface area contributed by atoms with Gasteiger partial charge in [-0.1, -0.05) is 25.1 Å². The lowest BCUT2D eigenvalue weighted by Gasteiger charge is -2.46. The van der Waals surface area contributed by atoms with Crippen LogP contribution in [0.2, 0.25) is 0 Å². The van der Waals surface area contributed by atoms with Crippen LogP contribution in [0.1, 0.15) is 45.4 Å². The molecule has 0 saturated carbocycles. The number of nitriles is 2. The third kappa shape index (κ3) is 3.56. The molecule has 3 heteroatoms. The maximum atomic E-state index is 9.89. The molecule has 110 valence electrons. The number of piperidine rings is 1. The van der Waals surface area contributed by atoms with E-state index in [1.807, 2.05) is 18.2 Å². The third-order valence-electron chi connectivity index (χ3n) is 4.45. The zero-order chi connectivity index (χ0) is 15.1. The van der Waals surface area contributed by atoms with Crippen LogP contribution in [0.3, 0.4) is 0 Å². The minimum absolute atomic E-state index is 0.408. The van der Waals surface area contributed by atoms with Crippen LogP contribution >= 0.6 is 0 Å². The van der Waals surface area contributed by atoms with E-state index in [-0.39, 0.29) is 0 Å². The van der Waals surface area contributed by atoms with Gasteiger partial charge in [0.1, 0.15) is 5.54 Å². The van der Waals surface area contributed by atoms with Crippen molar-refractivity contribution in [3.63, 3.8) is 0 Å². The topological polar surface area (TPSA) is 50.8 Å². The van der Waals surface area contributed by atoms with Crippen LogP contribution in [0, 0.1) is 28.6 Å². The normalized spacial score (nSPS) is 25.1. The van der Waals surface area contributed by atoms with Crippen LogP contribution in [-0.4, -0.2) is 12.1 Å². The van der Waals surface area contributed by atoms with Crippen LogP contribution in [0.25, 0.3) is 0 Å². The summed E-state index contributed by atoms with van der Waals surface area (Å²) in [5, 5.41) is 18.6. The Morgan fingerprint density at radius 3 is 2.67 bits per heavy atom. The largest absolute Gasteiger partial charge is 0.353 e. The first-order valence-corrected chi connectivity index (χ1v) is 7.83. The summed E-state index contributed by atoms with van der Waals surface area (Å²) in [6.07, 6.45) is 5.32. The molecule has 0 bridgehead atoms. The molecule has 0 N–H and O–H groups in total. The lowest BCUT2D eigenvalue weighted by Crippen LogP contribution is -2.53. The summed E-state index contributed by atoms with van der Waals surface area (Å²) < 4.78 is 0. The van der Waals surface area contributed by atoms with E-state index in [2.05, 4.69) is 36.1 Å². The van der Waals surface area contributed by atoms with Crippen molar-refractivity contribution in [3.8, 4) is 12.1 Å². The van der Waals surface area contributed by atoms with E-state index in [9.17, 15) is 5.26 Å². The van der Waals surface area contributed by atoms with E-state index < -0.39 is 5.54 Å². The maximum Gasteiger partial charge on any atom is 0.128 e. The molecule has 0 aliphatic carbocycles. The molecule has 1 fully saturated rings. The molecule has 1 heterocycles. The third-order valence-corrected chi connectivity index (χ3v) is 4.45. The van der Waals surface area contributed by atoms with Crippen molar-refractivity contribution in [2.45, 2.75) is 51.0 Å². The van der Waals surface area contributed by atoms with Crippen molar-refractivity contribution in [2.75, 3.05) is 11.4 Å². The molecule has 1 aliphatic heterocycles. The molecule has 0 radical (unpaired) electrons. The molecule has 1 aromatic carbocycles.